The second-order valence-electron chi connectivity index (χ2n) is 6.27. The number of nitrogens with one attached hydrogen (secondary N) is 1. The third-order valence-corrected chi connectivity index (χ3v) is 4.42. The molecule has 20 heavy (non-hydrogen) atoms. The summed E-state index contributed by atoms with van der Waals surface area (Å²) in [5, 5.41) is 3.83. The van der Waals surface area contributed by atoms with Gasteiger partial charge in [0, 0.05) is 12.1 Å². The van der Waals surface area contributed by atoms with Crippen molar-refractivity contribution in [3.05, 3.63) is 35.4 Å². The van der Waals surface area contributed by atoms with Crippen molar-refractivity contribution in [2.24, 2.45) is 0 Å². The second kappa shape index (κ2) is 7.80. The van der Waals surface area contributed by atoms with E-state index in [0.29, 0.717) is 12.1 Å². The lowest BCUT2D eigenvalue weighted by Gasteiger charge is -2.23. The van der Waals surface area contributed by atoms with Gasteiger partial charge in [-0.3, -0.25) is 0 Å². The Morgan fingerprint density at radius 2 is 1.95 bits per heavy atom. The van der Waals surface area contributed by atoms with Crippen molar-refractivity contribution in [2.45, 2.75) is 58.5 Å². The number of rotatable bonds is 5. The number of likely N-dealkylation sites (tertiary alicyclic amines) is 1. The molecule has 0 aliphatic carbocycles. The molecular weight excluding hydrogens is 244 g/mol. The first-order valence-corrected chi connectivity index (χ1v) is 8.24. The monoisotopic (exact) mass is 274 g/mol. The van der Waals surface area contributed by atoms with Crippen LogP contribution in [0.15, 0.2) is 24.3 Å². The Labute approximate surface area is 124 Å². The summed E-state index contributed by atoms with van der Waals surface area (Å²) in [7, 11) is 0. The minimum atomic E-state index is 0.457. The van der Waals surface area contributed by atoms with Gasteiger partial charge in [-0.25, -0.2) is 0 Å². The molecule has 2 rings (SSSR count). The van der Waals surface area contributed by atoms with Gasteiger partial charge in [-0.1, -0.05) is 36.8 Å². The summed E-state index contributed by atoms with van der Waals surface area (Å²) in [5.74, 6) is 0. The van der Waals surface area contributed by atoms with Crippen molar-refractivity contribution in [3.63, 3.8) is 0 Å². The second-order valence-corrected chi connectivity index (χ2v) is 6.27. The Balaban J connectivity index is 1.85. The summed E-state index contributed by atoms with van der Waals surface area (Å²) >= 11 is 0. The maximum Gasteiger partial charge on any atom is 0.0294 e. The Hall–Kier alpha value is -0.860. The van der Waals surface area contributed by atoms with Crippen molar-refractivity contribution >= 4 is 0 Å². The van der Waals surface area contributed by atoms with Crippen LogP contribution in [0.1, 0.15) is 56.7 Å². The fourth-order valence-electron chi connectivity index (χ4n) is 3.17. The lowest BCUT2D eigenvalue weighted by atomic mass is 10.0. The van der Waals surface area contributed by atoms with E-state index >= 15 is 0 Å². The smallest absolute Gasteiger partial charge is 0.0294 e. The Bertz CT molecular complexity index is 385. The fourth-order valence-corrected chi connectivity index (χ4v) is 3.17. The molecule has 0 amide bonds. The molecule has 0 spiro atoms. The quantitative estimate of drug-likeness (QED) is 0.875. The third kappa shape index (κ3) is 4.60. The third-order valence-electron chi connectivity index (χ3n) is 4.42. The predicted molar refractivity (Wildman–Crippen MR) is 87.1 cm³/mol. The molecule has 2 heteroatoms. The molecule has 0 radical (unpaired) electrons. The van der Waals surface area contributed by atoms with E-state index in [9.17, 15) is 0 Å². The lowest BCUT2D eigenvalue weighted by Crippen LogP contribution is -2.33. The highest BCUT2D eigenvalue weighted by Gasteiger charge is 2.18. The molecule has 0 saturated carbocycles. The molecule has 1 N–H and O–H groups in total. The Kier molecular flexibility index (Phi) is 6.06. The highest BCUT2D eigenvalue weighted by atomic mass is 15.1. The number of nitrogens with zero attached hydrogens (tertiary/aromatic N) is 1. The van der Waals surface area contributed by atoms with Gasteiger partial charge in [0.15, 0.2) is 0 Å². The van der Waals surface area contributed by atoms with Crippen LogP contribution in [0, 0.1) is 6.92 Å². The molecule has 1 aromatic carbocycles. The van der Waals surface area contributed by atoms with Crippen molar-refractivity contribution < 1.29 is 0 Å². The van der Waals surface area contributed by atoms with Crippen LogP contribution < -0.4 is 5.32 Å². The predicted octanol–water partition coefficient (Wildman–Crippen LogP) is 3.91. The van der Waals surface area contributed by atoms with Crippen molar-refractivity contribution in [1.29, 1.82) is 0 Å². The van der Waals surface area contributed by atoms with Gasteiger partial charge in [-0.05, 0) is 64.7 Å². The summed E-state index contributed by atoms with van der Waals surface area (Å²) < 4.78 is 0. The number of aryl methyl sites for hydroxylation is 1. The summed E-state index contributed by atoms with van der Waals surface area (Å²) in [5.41, 5.74) is 2.75. The SMILES string of the molecule is CCCN1CCCC(NC(C)c2ccc(C)cc2)CC1. The van der Waals surface area contributed by atoms with E-state index in [-0.39, 0.29) is 0 Å². The fraction of sp³-hybridized carbons (Fsp3) is 0.667. The van der Waals surface area contributed by atoms with Gasteiger partial charge in [0.2, 0.25) is 0 Å². The van der Waals surface area contributed by atoms with Gasteiger partial charge in [-0.15, -0.1) is 0 Å². The number of benzene rings is 1. The molecule has 1 aliphatic heterocycles. The highest BCUT2D eigenvalue weighted by Crippen LogP contribution is 2.18. The standard InChI is InChI=1S/C18H30N2/c1-4-12-20-13-5-6-18(11-14-20)19-16(3)17-9-7-15(2)8-10-17/h7-10,16,18-19H,4-6,11-14H2,1-3H3. The molecule has 1 aliphatic rings. The first-order chi connectivity index (χ1) is 9.69. The van der Waals surface area contributed by atoms with E-state index in [2.05, 4.69) is 55.3 Å². The van der Waals surface area contributed by atoms with E-state index in [0.717, 1.165) is 0 Å². The topological polar surface area (TPSA) is 15.3 Å². The van der Waals surface area contributed by atoms with Crippen molar-refractivity contribution in [2.75, 3.05) is 19.6 Å². The van der Waals surface area contributed by atoms with E-state index in [4.69, 9.17) is 0 Å². The minimum absolute atomic E-state index is 0.457. The summed E-state index contributed by atoms with van der Waals surface area (Å²) in [4.78, 5) is 2.62. The average molecular weight is 274 g/mol. The summed E-state index contributed by atoms with van der Waals surface area (Å²) in [6.45, 7) is 10.5. The molecule has 112 valence electrons. The first-order valence-electron chi connectivity index (χ1n) is 8.24. The number of hydrogen-bond donors (Lipinski definition) is 1. The van der Waals surface area contributed by atoms with Gasteiger partial charge < -0.3 is 10.2 Å². The highest BCUT2D eigenvalue weighted by molar-refractivity contribution is 5.23. The van der Waals surface area contributed by atoms with Crippen LogP contribution in [0.4, 0.5) is 0 Å². The normalized spacial score (nSPS) is 22.4. The zero-order valence-electron chi connectivity index (χ0n) is 13.4. The maximum atomic E-state index is 3.83. The van der Waals surface area contributed by atoms with Gasteiger partial charge in [0.25, 0.3) is 0 Å². The van der Waals surface area contributed by atoms with Crippen molar-refractivity contribution in [1.82, 2.24) is 10.2 Å². The van der Waals surface area contributed by atoms with Crippen LogP contribution in [0.5, 0.6) is 0 Å². The molecular formula is C18H30N2. The van der Waals surface area contributed by atoms with Gasteiger partial charge >= 0.3 is 0 Å². The summed E-state index contributed by atoms with van der Waals surface area (Å²) in [6, 6.07) is 10.1. The van der Waals surface area contributed by atoms with Crippen molar-refractivity contribution in [3.8, 4) is 0 Å². The largest absolute Gasteiger partial charge is 0.307 e. The molecule has 1 aromatic rings. The Morgan fingerprint density at radius 3 is 2.65 bits per heavy atom. The van der Waals surface area contributed by atoms with Crippen LogP contribution in [-0.2, 0) is 0 Å². The molecule has 2 atom stereocenters. The molecule has 2 nitrogen and oxygen atoms in total. The van der Waals surface area contributed by atoms with Crippen LogP contribution in [0.2, 0.25) is 0 Å². The zero-order valence-corrected chi connectivity index (χ0v) is 13.4. The molecule has 1 saturated heterocycles. The zero-order chi connectivity index (χ0) is 14.4. The van der Waals surface area contributed by atoms with Gasteiger partial charge in [-0.2, -0.15) is 0 Å². The van der Waals surface area contributed by atoms with E-state index < -0.39 is 0 Å². The van der Waals surface area contributed by atoms with E-state index in [1.165, 1.54) is 56.4 Å². The first kappa shape index (κ1) is 15.5. The number of hydrogen-bond acceptors (Lipinski definition) is 2. The Morgan fingerprint density at radius 1 is 1.20 bits per heavy atom. The van der Waals surface area contributed by atoms with Crippen LogP contribution >= 0.6 is 0 Å². The molecule has 1 fully saturated rings. The lowest BCUT2D eigenvalue weighted by molar-refractivity contribution is 0.281. The summed E-state index contributed by atoms with van der Waals surface area (Å²) in [6.07, 6.45) is 5.21. The average Bonchev–Trinajstić information content (AvgIpc) is 2.66. The van der Waals surface area contributed by atoms with Gasteiger partial charge in [0.05, 0.1) is 0 Å². The van der Waals surface area contributed by atoms with Crippen LogP contribution in [0.3, 0.4) is 0 Å². The molecule has 1 heterocycles. The molecule has 0 bridgehead atoms. The maximum absolute atomic E-state index is 3.83. The van der Waals surface area contributed by atoms with E-state index in [1.807, 2.05) is 0 Å². The van der Waals surface area contributed by atoms with E-state index in [1.54, 1.807) is 0 Å². The minimum Gasteiger partial charge on any atom is -0.307 e. The molecule has 0 aromatic heterocycles. The van der Waals surface area contributed by atoms with Crippen LogP contribution in [0.25, 0.3) is 0 Å². The van der Waals surface area contributed by atoms with Crippen LogP contribution in [-0.4, -0.2) is 30.6 Å². The molecule has 2 unspecified atom stereocenters. The van der Waals surface area contributed by atoms with Gasteiger partial charge in [0.1, 0.15) is 0 Å².